The van der Waals surface area contributed by atoms with E-state index in [1.165, 1.54) is 24.6 Å². The van der Waals surface area contributed by atoms with Crippen LogP contribution in [0.25, 0.3) is 0 Å². The van der Waals surface area contributed by atoms with E-state index >= 15 is 0 Å². The highest BCUT2D eigenvalue weighted by Crippen LogP contribution is 2.23. The van der Waals surface area contributed by atoms with Crippen LogP contribution in [-0.2, 0) is 11.3 Å². The maximum absolute atomic E-state index is 11.1. The second-order valence-corrected chi connectivity index (χ2v) is 5.26. The van der Waals surface area contributed by atoms with Gasteiger partial charge in [0, 0.05) is 25.3 Å². The van der Waals surface area contributed by atoms with E-state index in [0.29, 0.717) is 6.54 Å². The number of hydrogen-bond donors (Lipinski definition) is 1. The molecule has 1 fully saturated rings. The molecule has 0 bridgehead atoms. The van der Waals surface area contributed by atoms with Gasteiger partial charge < -0.3 is 10.2 Å². The number of nitrogens with one attached hydrogen (secondary N) is 1. The van der Waals surface area contributed by atoms with Crippen LogP contribution in [0.3, 0.4) is 0 Å². The third-order valence-corrected chi connectivity index (χ3v) is 3.74. The summed E-state index contributed by atoms with van der Waals surface area (Å²) < 4.78 is 0. The van der Waals surface area contributed by atoms with Crippen LogP contribution < -0.4 is 10.2 Å². The van der Waals surface area contributed by atoms with Gasteiger partial charge in [-0.05, 0) is 42.5 Å². The van der Waals surface area contributed by atoms with Gasteiger partial charge in [-0.15, -0.1) is 0 Å². The number of anilines is 1. The quantitative estimate of drug-likeness (QED) is 0.842. The first kappa shape index (κ1) is 13.7. The summed E-state index contributed by atoms with van der Waals surface area (Å²) in [5.41, 5.74) is 2.40. The van der Waals surface area contributed by atoms with Crippen LogP contribution in [0.2, 0.25) is 0 Å². The molecule has 1 aromatic rings. The predicted molar refractivity (Wildman–Crippen MR) is 79.1 cm³/mol. The lowest BCUT2D eigenvalue weighted by Crippen LogP contribution is -2.32. The number of hydrogen-bond acceptors (Lipinski definition) is 2. The summed E-state index contributed by atoms with van der Waals surface area (Å²) in [4.78, 5) is 13.5. The molecule has 1 aliphatic heterocycles. The molecule has 0 atom stereocenters. The van der Waals surface area contributed by atoms with Crippen LogP contribution in [-0.4, -0.2) is 19.0 Å². The molecule has 0 saturated carbocycles. The van der Waals surface area contributed by atoms with Crippen molar-refractivity contribution in [1.82, 2.24) is 5.32 Å². The summed E-state index contributed by atoms with van der Waals surface area (Å²) in [7, 11) is 0. The second kappa shape index (κ2) is 6.41. The van der Waals surface area contributed by atoms with Crippen molar-refractivity contribution < 1.29 is 4.79 Å². The Morgan fingerprint density at radius 2 is 2.00 bits per heavy atom. The summed E-state index contributed by atoms with van der Waals surface area (Å²) >= 11 is 0. The Morgan fingerprint density at radius 1 is 1.37 bits per heavy atom. The van der Waals surface area contributed by atoms with Gasteiger partial charge in [-0.25, -0.2) is 0 Å². The number of benzene rings is 1. The molecule has 1 saturated heterocycles. The van der Waals surface area contributed by atoms with Crippen LogP contribution in [0.15, 0.2) is 36.9 Å². The van der Waals surface area contributed by atoms with Crippen molar-refractivity contribution in [2.45, 2.75) is 26.3 Å². The summed E-state index contributed by atoms with van der Waals surface area (Å²) in [5, 5.41) is 2.78. The normalized spacial score (nSPS) is 16.2. The Balaban J connectivity index is 1.91. The molecule has 102 valence electrons. The van der Waals surface area contributed by atoms with E-state index in [2.05, 4.69) is 48.0 Å². The van der Waals surface area contributed by atoms with E-state index in [0.717, 1.165) is 24.6 Å². The number of amides is 1. The Morgan fingerprint density at radius 3 is 2.58 bits per heavy atom. The van der Waals surface area contributed by atoms with Crippen LogP contribution in [0.5, 0.6) is 0 Å². The molecule has 0 radical (unpaired) electrons. The van der Waals surface area contributed by atoms with Gasteiger partial charge in [0.05, 0.1) is 0 Å². The number of nitrogens with zero attached hydrogens (tertiary/aromatic N) is 1. The van der Waals surface area contributed by atoms with Crippen molar-refractivity contribution in [3.63, 3.8) is 0 Å². The van der Waals surface area contributed by atoms with Crippen LogP contribution >= 0.6 is 0 Å². The third kappa shape index (κ3) is 3.85. The lowest BCUT2D eigenvalue weighted by atomic mass is 9.99. The smallest absolute Gasteiger partial charge is 0.243 e. The molecule has 1 heterocycles. The molecule has 1 amide bonds. The topological polar surface area (TPSA) is 32.3 Å². The van der Waals surface area contributed by atoms with Crippen LogP contribution in [0.1, 0.15) is 25.3 Å². The van der Waals surface area contributed by atoms with E-state index in [1.54, 1.807) is 0 Å². The molecule has 0 aliphatic carbocycles. The third-order valence-electron chi connectivity index (χ3n) is 3.74. The standard InChI is InChI=1S/C16H22N2O/c1-3-16(19)17-12-14-4-6-15(7-5-14)18-10-8-13(2)9-11-18/h3-7,13H,1,8-12H2,2H3,(H,17,19). The van der Waals surface area contributed by atoms with Crippen molar-refractivity contribution in [3.8, 4) is 0 Å². The maximum Gasteiger partial charge on any atom is 0.243 e. The van der Waals surface area contributed by atoms with Gasteiger partial charge in [0.2, 0.25) is 5.91 Å². The zero-order chi connectivity index (χ0) is 13.7. The molecule has 0 aromatic heterocycles. The molecule has 2 rings (SSSR count). The molecule has 3 heteroatoms. The fraction of sp³-hybridized carbons (Fsp3) is 0.438. The number of piperidine rings is 1. The molecular formula is C16H22N2O. The first-order valence-corrected chi connectivity index (χ1v) is 6.93. The van der Waals surface area contributed by atoms with E-state index in [4.69, 9.17) is 0 Å². The lowest BCUT2D eigenvalue weighted by molar-refractivity contribution is -0.116. The highest BCUT2D eigenvalue weighted by Gasteiger charge is 2.15. The van der Waals surface area contributed by atoms with Gasteiger partial charge in [-0.3, -0.25) is 4.79 Å². The van der Waals surface area contributed by atoms with E-state index < -0.39 is 0 Å². The Hall–Kier alpha value is -1.77. The van der Waals surface area contributed by atoms with Crippen molar-refractivity contribution >= 4 is 11.6 Å². The first-order valence-electron chi connectivity index (χ1n) is 6.93. The van der Waals surface area contributed by atoms with E-state index in [9.17, 15) is 4.79 Å². The Labute approximate surface area is 115 Å². The Kier molecular flexibility index (Phi) is 4.61. The molecule has 0 unspecified atom stereocenters. The fourth-order valence-electron chi connectivity index (χ4n) is 2.35. The molecule has 1 N–H and O–H groups in total. The van der Waals surface area contributed by atoms with Gasteiger partial charge in [-0.1, -0.05) is 25.6 Å². The zero-order valence-corrected chi connectivity index (χ0v) is 11.6. The first-order chi connectivity index (χ1) is 9.19. The number of carbonyl (C=O) groups is 1. The second-order valence-electron chi connectivity index (χ2n) is 5.26. The van der Waals surface area contributed by atoms with Gasteiger partial charge in [0.25, 0.3) is 0 Å². The van der Waals surface area contributed by atoms with Crippen molar-refractivity contribution in [2.24, 2.45) is 5.92 Å². The van der Waals surface area contributed by atoms with Gasteiger partial charge in [-0.2, -0.15) is 0 Å². The van der Waals surface area contributed by atoms with E-state index in [-0.39, 0.29) is 5.91 Å². The maximum atomic E-state index is 11.1. The average molecular weight is 258 g/mol. The largest absolute Gasteiger partial charge is 0.372 e. The highest BCUT2D eigenvalue weighted by molar-refractivity contribution is 5.86. The number of rotatable bonds is 4. The average Bonchev–Trinajstić information content (AvgIpc) is 2.46. The minimum Gasteiger partial charge on any atom is -0.372 e. The summed E-state index contributed by atoms with van der Waals surface area (Å²) in [6.45, 7) is 8.61. The Bertz CT molecular complexity index is 431. The summed E-state index contributed by atoms with van der Waals surface area (Å²) in [5.74, 6) is 0.721. The monoisotopic (exact) mass is 258 g/mol. The van der Waals surface area contributed by atoms with Gasteiger partial charge in [0.15, 0.2) is 0 Å². The van der Waals surface area contributed by atoms with Gasteiger partial charge in [0.1, 0.15) is 0 Å². The molecule has 1 aliphatic rings. The summed E-state index contributed by atoms with van der Waals surface area (Å²) in [6, 6.07) is 8.45. The van der Waals surface area contributed by atoms with Crippen molar-refractivity contribution in [1.29, 1.82) is 0 Å². The van der Waals surface area contributed by atoms with Gasteiger partial charge >= 0.3 is 0 Å². The predicted octanol–water partition coefficient (Wildman–Crippen LogP) is 2.73. The van der Waals surface area contributed by atoms with Crippen LogP contribution in [0, 0.1) is 5.92 Å². The molecule has 19 heavy (non-hydrogen) atoms. The molecule has 0 spiro atoms. The van der Waals surface area contributed by atoms with Crippen molar-refractivity contribution in [2.75, 3.05) is 18.0 Å². The fourth-order valence-corrected chi connectivity index (χ4v) is 2.35. The minimum atomic E-state index is -0.130. The van der Waals surface area contributed by atoms with E-state index in [1.807, 2.05) is 0 Å². The minimum absolute atomic E-state index is 0.130. The summed E-state index contributed by atoms with van der Waals surface area (Å²) in [6.07, 6.45) is 3.84. The molecular weight excluding hydrogens is 236 g/mol. The SMILES string of the molecule is C=CC(=O)NCc1ccc(N2CCC(C)CC2)cc1. The number of carbonyl (C=O) groups excluding carboxylic acids is 1. The lowest BCUT2D eigenvalue weighted by Gasteiger charge is -2.32. The zero-order valence-electron chi connectivity index (χ0n) is 11.6. The highest BCUT2D eigenvalue weighted by atomic mass is 16.1. The molecule has 3 nitrogen and oxygen atoms in total. The van der Waals surface area contributed by atoms with Crippen LogP contribution in [0.4, 0.5) is 5.69 Å². The molecule has 1 aromatic carbocycles. The van der Waals surface area contributed by atoms with Crippen molar-refractivity contribution in [3.05, 3.63) is 42.5 Å².